The predicted octanol–water partition coefficient (Wildman–Crippen LogP) is 4.43. The molecule has 0 unspecified atom stereocenters. The maximum Gasteiger partial charge on any atom is 0.294 e. The number of rotatable bonds is 5. The summed E-state index contributed by atoms with van der Waals surface area (Å²) in [5.41, 5.74) is 8.04. The van der Waals surface area contributed by atoms with E-state index in [1.165, 1.54) is 46.4 Å². The second-order valence-electron chi connectivity index (χ2n) is 7.70. The molecule has 0 aliphatic heterocycles. The number of thiazole rings is 1. The molecule has 15 heteroatoms. The zero-order valence-corrected chi connectivity index (χ0v) is 20.7. The Balaban J connectivity index is 1.48. The SMILES string of the molecule is Cc1nn(-c2ccc3cc(S(=O)(=O)O)ccc3c2)c(N)c1N=Nc1nc2cc(S(=O)(=O)O)ccc2s1. The Bertz CT molecular complexity index is 1930. The normalized spacial score (nSPS) is 12.8. The lowest BCUT2D eigenvalue weighted by molar-refractivity contribution is 0.481. The van der Waals surface area contributed by atoms with Crippen LogP contribution in [0.4, 0.5) is 16.6 Å². The monoisotopic (exact) mass is 544 g/mol. The molecule has 0 fully saturated rings. The second kappa shape index (κ2) is 8.42. The standard InChI is InChI=1S/C21H16N6O6S3/c1-11-19(24-25-21-23-17-10-16(36(31,32)33)6-7-18(17)34-21)20(22)27(26-11)14-4-2-13-9-15(35(28,29)30)5-3-12(13)8-14/h2-10H,22H2,1H3,(H,28,29,30)(H,31,32,33). The Kier molecular flexibility index (Phi) is 5.60. The summed E-state index contributed by atoms with van der Waals surface area (Å²) in [5.74, 6) is 0.208. The molecule has 0 radical (unpaired) electrons. The molecule has 0 atom stereocenters. The highest BCUT2D eigenvalue weighted by atomic mass is 32.2. The summed E-state index contributed by atoms with van der Waals surface area (Å²) < 4.78 is 66.1. The van der Waals surface area contributed by atoms with Gasteiger partial charge in [0.25, 0.3) is 20.2 Å². The molecule has 0 amide bonds. The van der Waals surface area contributed by atoms with Crippen molar-refractivity contribution in [2.45, 2.75) is 16.7 Å². The smallest absolute Gasteiger partial charge is 0.294 e. The van der Waals surface area contributed by atoms with Crippen molar-refractivity contribution in [3.05, 3.63) is 60.3 Å². The highest BCUT2D eigenvalue weighted by molar-refractivity contribution is 7.86. The molecule has 5 rings (SSSR count). The fourth-order valence-corrected chi connectivity index (χ4v) is 5.34. The highest BCUT2D eigenvalue weighted by Crippen LogP contribution is 2.34. The van der Waals surface area contributed by atoms with Crippen LogP contribution in [0.5, 0.6) is 0 Å². The summed E-state index contributed by atoms with van der Waals surface area (Å²) in [6, 6.07) is 13.4. The van der Waals surface area contributed by atoms with Crippen molar-refractivity contribution in [2.24, 2.45) is 10.2 Å². The number of hydrogen-bond donors (Lipinski definition) is 3. The molecule has 5 aromatic rings. The molecule has 184 valence electrons. The number of benzene rings is 3. The van der Waals surface area contributed by atoms with E-state index in [2.05, 4.69) is 20.3 Å². The molecule has 3 aromatic carbocycles. The van der Waals surface area contributed by atoms with Crippen LogP contribution in [-0.4, -0.2) is 40.7 Å². The van der Waals surface area contributed by atoms with Crippen molar-refractivity contribution in [1.82, 2.24) is 14.8 Å². The van der Waals surface area contributed by atoms with E-state index in [9.17, 15) is 25.9 Å². The van der Waals surface area contributed by atoms with Gasteiger partial charge in [-0.25, -0.2) is 9.67 Å². The first-order chi connectivity index (χ1) is 16.9. The summed E-state index contributed by atoms with van der Waals surface area (Å²) >= 11 is 1.18. The fraction of sp³-hybridized carbons (Fsp3) is 0.0476. The summed E-state index contributed by atoms with van der Waals surface area (Å²) in [6.07, 6.45) is 0. The van der Waals surface area contributed by atoms with E-state index in [0.717, 1.165) is 0 Å². The van der Waals surface area contributed by atoms with Gasteiger partial charge in [0.2, 0.25) is 5.13 Å². The average molecular weight is 545 g/mol. The van der Waals surface area contributed by atoms with Crippen LogP contribution in [-0.2, 0) is 20.2 Å². The maximum absolute atomic E-state index is 11.4. The van der Waals surface area contributed by atoms with E-state index in [-0.39, 0.29) is 20.7 Å². The maximum atomic E-state index is 11.4. The first-order valence-electron chi connectivity index (χ1n) is 10.1. The van der Waals surface area contributed by atoms with Crippen molar-refractivity contribution in [3.8, 4) is 5.69 Å². The first-order valence-corrected chi connectivity index (χ1v) is 13.8. The molecule has 0 aliphatic carbocycles. The predicted molar refractivity (Wildman–Crippen MR) is 134 cm³/mol. The van der Waals surface area contributed by atoms with Crippen LogP contribution in [0.3, 0.4) is 0 Å². The fourth-order valence-electron chi connectivity index (χ4n) is 3.55. The quantitative estimate of drug-likeness (QED) is 0.212. The van der Waals surface area contributed by atoms with Gasteiger partial charge in [-0.2, -0.15) is 21.9 Å². The summed E-state index contributed by atoms with van der Waals surface area (Å²) in [7, 11) is -8.67. The van der Waals surface area contributed by atoms with Crippen molar-refractivity contribution < 1.29 is 25.9 Å². The average Bonchev–Trinajstić information content (AvgIpc) is 3.35. The lowest BCUT2D eigenvalue weighted by Crippen LogP contribution is -2.02. The largest absolute Gasteiger partial charge is 0.382 e. The molecular weight excluding hydrogens is 528 g/mol. The van der Waals surface area contributed by atoms with Gasteiger partial charge in [-0.3, -0.25) is 9.11 Å². The van der Waals surface area contributed by atoms with Gasteiger partial charge in [0.05, 0.1) is 31.4 Å². The Labute approximate surface area is 208 Å². The molecule has 4 N–H and O–H groups in total. The second-order valence-corrected chi connectivity index (χ2v) is 11.6. The molecule has 0 bridgehead atoms. The number of nitrogens with two attached hydrogens (primary N) is 1. The van der Waals surface area contributed by atoms with Gasteiger partial charge in [-0.15, -0.1) is 10.2 Å². The number of azo groups is 1. The summed E-state index contributed by atoms with van der Waals surface area (Å²) in [5, 5.41) is 14.3. The number of nitrogens with zero attached hydrogens (tertiary/aromatic N) is 5. The number of hydrogen-bond acceptors (Lipinski definition) is 10. The van der Waals surface area contributed by atoms with E-state index in [1.807, 2.05) is 0 Å². The Morgan fingerprint density at radius 1 is 0.889 bits per heavy atom. The number of aryl methyl sites for hydroxylation is 1. The van der Waals surface area contributed by atoms with Crippen LogP contribution in [0.1, 0.15) is 5.69 Å². The summed E-state index contributed by atoms with van der Waals surface area (Å²) in [4.78, 5) is 3.77. The zero-order chi connectivity index (χ0) is 25.8. The van der Waals surface area contributed by atoms with Crippen molar-refractivity contribution in [1.29, 1.82) is 0 Å². The lowest BCUT2D eigenvalue weighted by atomic mass is 10.1. The third-order valence-corrected chi connectivity index (χ3v) is 7.90. The van der Waals surface area contributed by atoms with Gasteiger partial charge in [0.15, 0.2) is 11.5 Å². The number of anilines is 1. The van der Waals surface area contributed by atoms with Crippen LogP contribution in [0.25, 0.3) is 26.7 Å². The molecule has 0 aliphatic rings. The number of fused-ring (bicyclic) bond motifs is 2. The lowest BCUT2D eigenvalue weighted by Gasteiger charge is -2.07. The Morgan fingerprint density at radius 3 is 2.25 bits per heavy atom. The minimum Gasteiger partial charge on any atom is -0.382 e. The van der Waals surface area contributed by atoms with E-state index in [0.29, 0.717) is 38.1 Å². The summed E-state index contributed by atoms with van der Waals surface area (Å²) in [6.45, 7) is 1.71. The van der Waals surface area contributed by atoms with Crippen LogP contribution in [0, 0.1) is 6.92 Å². The Morgan fingerprint density at radius 2 is 1.53 bits per heavy atom. The Hall–Kier alpha value is -3.76. The number of aromatic nitrogens is 3. The van der Waals surface area contributed by atoms with Gasteiger partial charge in [-0.05, 0) is 60.2 Å². The van der Waals surface area contributed by atoms with Gasteiger partial charge in [0.1, 0.15) is 0 Å². The van der Waals surface area contributed by atoms with Crippen LogP contribution in [0.2, 0.25) is 0 Å². The third kappa shape index (κ3) is 4.45. The van der Waals surface area contributed by atoms with Crippen molar-refractivity contribution in [2.75, 3.05) is 5.73 Å². The number of nitrogen functional groups attached to an aromatic ring is 1. The van der Waals surface area contributed by atoms with Crippen molar-refractivity contribution in [3.63, 3.8) is 0 Å². The van der Waals surface area contributed by atoms with Crippen LogP contribution < -0.4 is 5.73 Å². The van der Waals surface area contributed by atoms with Gasteiger partial charge in [0, 0.05) is 0 Å². The minimum absolute atomic E-state index is 0.205. The van der Waals surface area contributed by atoms with E-state index < -0.39 is 20.2 Å². The molecule has 36 heavy (non-hydrogen) atoms. The third-order valence-electron chi connectivity index (χ3n) is 5.28. The van der Waals surface area contributed by atoms with Gasteiger partial charge in [-0.1, -0.05) is 23.5 Å². The van der Waals surface area contributed by atoms with E-state index in [1.54, 1.807) is 31.2 Å². The van der Waals surface area contributed by atoms with Crippen molar-refractivity contribution >= 4 is 69.2 Å². The molecule has 0 spiro atoms. The molecular formula is C21H16N6O6S3. The molecule has 12 nitrogen and oxygen atoms in total. The van der Waals surface area contributed by atoms with Gasteiger partial charge >= 0.3 is 0 Å². The first kappa shape index (κ1) is 24.0. The van der Waals surface area contributed by atoms with Crippen LogP contribution >= 0.6 is 11.3 Å². The van der Waals surface area contributed by atoms with Crippen LogP contribution in [0.15, 0.2) is 74.6 Å². The van der Waals surface area contributed by atoms with E-state index >= 15 is 0 Å². The van der Waals surface area contributed by atoms with E-state index in [4.69, 9.17) is 5.73 Å². The zero-order valence-electron chi connectivity index (χ0n) is 18.3. The molecule has 2 heterocycles. The molecule has 2 aromatic heterocycles. The topological polar surface area (TPSA) is 190 Å². The molecule has 0 saturated heterocycles. The minimum atomic E-state index is -4.35. The van der Waals surface area contributed by atoms with Gasteiger partial charge < -0.3 is 5.73 Å². The highest BCUT2D eigenvalue weighted by Gasteiger charge is 2.16. The molecule has 0 saturated carbocycles.